The van der Waals surface area contributed by atoms with Crippen molar-refractivity contribution >= 4 is 15.7 Å². The molecule has 0 unspecified atom stereocenters. The van der Waals surface area contributed by atoms with E-state index in [0.717, 1.165) is 6.04 Å². The van der Waals surface area contributed by atoms with Crippen molar-refractivity contribution in [1.29, 1.82) is 0 Å². The van der Waals surface area contributed by atoms with Crippen molar-refractivity contribution in [3.63, 3.8) is 0 Å². The van der Waals surface area contributed by atoms with Crippen molar-refractivity contribution < 1.29 is 9.22 Å². The van der Waals surface area contributed by atoms with E-state index in [4.69, 9.17) is 0 Å². The van der Waals surface area contributed by atoms with Gasteiger partial charge in [-0.05, 0) is 6.04 Å². The summed E-state index contributed by atoms with van der Waals surface area (Å²) in [5, 5.41) is 0. The van der Waals surface area contributed by atoms with Crippen molar-refractivity contribution in [1.82, 2.24) is 0 Å². The summed E-state index contributed by atoms with van der Waals surface area (Å²) in [7, 11) is 0.256. The van der Waals surface area contributed by atoms with Crippen molar-refractivity contribution in [2.75, 3.05) is 0 Å². The van der Waals surface area contributed by atoms with Crippen LogP contribution in [0.25, 0.3) is 0 Å². The van der Waals surface area contributed by atoms with E-state index < -0.39 is 0 Å². The third-order valence-corrected chi connectivity index (χ3v) is 1.17. The molecule has 0 aliphatic heterocycles. The molecule has 0 aromatic heterocycles. The van der Waals surface area contributed by atoms with E-state index in [9.17, 15) is 4.79 Å². The molecule has 0 aliphatic carbocycles. The predicted octanol–water partition coefficient (Wildman–Crippen LogP) is 0.928. The van der Waals surface area contributed by atoms with Crippen molar-refractivity contribution in [3.05, 3.63) is 18.4 Å². The lowest BCUT2D eigenvalue weighted by Gasteiger charge is -1.92. The molecule has 48 valence electrons. The second-order valence-electron chi connectivity index (χ2n) is 1.27. The normalized spacial score (nSPS) is 7.67. The molecule has 0 saturated heterocycles. The van der Waals surface area contributed by atoms with Gasteiger partial charge in [0.2, 0.25) is 0 Å². The van der Waals surface area contributed by atoms with Crippen LogP contribution >= 0.6 is 0 Å². The van der Waals surface area contributed by atoms with Gasteiger partial charge >= 0.3 is 15.7 Å². The summed E-state index contributed by atoms with van der Waals surface area (Å²) in [5.41, 5.74) is 2.33. The molecule has 0 aliphatic rings. The van der Waals surface area contributed by atoms with E-state index in [1.54, 1.807) is 0 Å². The minimum atomic E-state index is -0.356. The average molecular weight is 140 g/mol. The van der Waals surface area contributed by atoms with Gasteiger partial charge in [0.15, 0.2) is 0 Å². The van der Waals surface area contributed by atoms with Crippen molar-refractivity contribution in [2.24, 2.45) is 0 Å². The maximum Gasteiger partial charge on any atom is 0.325 e. The Kier molecular flexibility index (Phi) is 4.87. The van der Waals surface area contributed by atoms with Gasteiger partial charge < -0.3 is 4.43 Å². The van der Waals surface area contributed by atoms with Crippen molar-refractivity contribution in [3.8, 4) is 0 Å². The molecule has 0 rings (SSSR count). The number of carbonyl (C=O) groups is 1. The minimum Gasteiger partial charge on any atom is -0.513 e. The number of rotatable bonds is 3. The van der Waals surface area contributed by atoms with Gasteiger partial charge in [-0.1, -0.05) is 13.5 Å². The van der Waals surface area contributed by atoms with E-state index >= 15 is 0 Å². The molecule has 2 radical (unpaired) electrons. The Morgan fingerprint density at radius 2 is 2.67 bits per heavy atom. The van der Waals surface area contributed by atoms with Crippen LogP contribution in [0.1, 0.15) is 6.92 Å². The molecular weight excluding hydrogens is 132 g/mol. The van der Waals surface area contributed by atoms with Crippen LogP contribution in [0.5, 0.6) is 0 Å². The van der Waals surface area contributed by atoms with Gasteiger partial charge in [-0.3, -0.25) is 0 Å². The Morgan fingerprint density at radius 1 is 2.00 bits per heavy atom. The lowest BCUT2D eigenvalue weighted by atomic mass is 10.6. The maximum atomic E-state index is 10.4. The molecular formula is C6H8O2Si. The lowest BCUT2D eigenvalue weighted by molar-refractivity contribution is -0.128. The second kappa shape index (κ2) is 5.35. The summed E-state index contributed by atoms with van der Waals surface area (Å²) >= 11 is 0. The average Bonchev–Trinajstić information content (AvgIpc) is 1.85. The highest BCUT2D eigenvalue weighted by Crippen LogP contribution is 1.80. The molecule has 0 aromatic carbocycles. The highest BCUT2D eigenvalue weighted by atomic mass is 28.2. The van der Waals surface area contributed by atoms with Crippen LogP contribution < -0.4 is 0 Å². The van der Waals surface area contributed by atoms with Crippen LogP contribution in [0.4, 0.5) is 0 Å². The van der Waals surface area contributed by atoms with E-state index in [0.29, 0.717) is 0 Å². The van der Waals surface area contributed by atoms with Crippen LogP contribution in [-0.4, -0.2) is 15.7 Å². The monoisotopic (exact) mass is 140 g/mol. The zero-order valence-corrected chi connectivity index (χ0v) is 6.31. The zero-order valence-electron chi connectivity index (χ0n) is 5.31. The molecule has 0 spiro atoms. The Morgan fingerprint density at radius 3 is 3.11 bits per heavy atom. The molecule has 0 bridgehead atoms. The molecule has 0 N–H and O–H groups in total. The Hall–Kier alpha value is -0.793. The summed E-state index contributed by atoms with van der Waals surface area (Å²) < 4.78 is 4.66. The van der Waals surface area contributed by atoms with Crippen LogP contribution in [-0.2, 0) is 9.22 Å². The summed E-state index contributed by atoms with van der Waals surface area (Å²) in [6, 6.07) is 0.872. The first kappa shape index (κ1) is 8.21. The SMILES string of the molecule is C=C=CC(=O)O[Si]CC. The zero-order chi connectivity index (χ0) is 7.11. The Balaban J connectivity index is 3.39. The van der Waals surface area contributed by atoms with Gasteiger partial charge in [-0.15, -0.1) is 5.73 Å². The largest absolute Gasteiger partial charge is 0.513 e. The molecule has 3 heteroatoms. The lowest BCUT2D eigenvalue weighted by Crippen LogP contribution is -2.03. The summed E-state index contributed by atoms with van der Waals surface area (Å²) in [6.07, 6.45) is 1.18. The molecule has 9 heavy (non-hydrogen) atoms. The Labute approximate surface area is 57.2 Å². The predicted molar refractivity (Wildman–Crippen MR) is 36.0 cm³/mol. The molecule has 0 aromatic rings. The third kappa shape index (κ3) is 5.07. The first-order valence-corrected chi connectivity index (χ1v) is 3.72. The molecule has 0 amide bonds. The van der Waals surface area contributed by atoms with Gasteiger partial charge in [0.1, 0.15) is 0 Å². The van der Waals surface area contributed by atoms with Gasteiger partial charge in [0.05, 0.1) is 6.08 Å². The number of hydrogen-bond acceptors (Lipinski definition) is 2. The smallest absolute Gasteiger partial charge is 0.325 e. The fourth-order valence-electron chi connectivity index (χ4n) is 0.256. The number of hydrogen-bond donors (Lipinski definition) is 0. The van der Waals surface area contributed by atoms with Gasteiger partial charge in [-0.2, -0.15) is 0 Å². The van der Waals surface area contributed by atoms with E-state index in [1.165, 1.54) is 6.08 Å². The highest BCUT2D eigenvalue weighted by molar-refractivity contribution is 6.30. The quantitative estimate of drug-likeness (QED) is 0.331. The standard InChI is InChI=1S/C6H8O2Si/c1-3-5-6(7)8-9-4-2/h5H,1,4H2,2H3. The molecule has 0 heterocycles. The molecule has 0 atom stereocenters. The third-order valence-electron chi connectivity index (χ3n) is 0.537. The first-order chi connectivity index (χ1) is 4.31. The fraction of sp³-hybridized carbons (Fsp3) is 0.333. The van der Waals surface area contributed by atoms with Gasteiger partial charge in [0, 0.05) is 0 Å². The van der Waals surface area contributed by atoms with E-state index in [1.807, 2.05) is 6.92 Å². The van der Waals surface area contributed by atoms with Gasteiger partial charge in [-0.25, -0.2) is 4.79 Å². The first-order valence-electron chi connectivity index (χ1n) is 2.60. The summed E-state index contributed by atoms with van der Waals surface area (Å²) in [4.78, 5) is 10.4. The Bertz CT molecular complexity index is 136. The molecule has 0 saturated carbocycles. The van der Waals surface area contributed by atoms with Crippen LogP contribution in [0.15, 0.2) is 18.4 Å². The summed E-state index contributed by atoms with van der Waals surface area (Å²) in [6.45, 7) is 5.18. The van der Waals surface area contributed by atoms with Crippen LogP contribution in [0.2, 0.25) is 6.04 Å². The van der Waals surface area contributed by atoms with Crippen molar-refractivity contribution in [2.45, 2.75) is 13.0 Å². The number of carbonyl (C=O) groups excluding carboxylic acids is 1. The second-order valence-corrected chi connectivity index (χ2v) is 2.47. The van der Waals surface area contributed by atoms with E-state index in [2.05, 4.69) is 16.7 Å². The molecule has 2 nitrogen and oxygen atoms in total. The van der Waals surface area contributed by atoms with Crippen LogP contribution in [0, 0.1) is 0 Å². The highest BCUT2D eigenvalue weighted by Gasteiger charge is 1.93. The molecule has 0 fully saturated rings. The van der Waals surface area contributed by atoms with Crippen LogP contribution in [0.3, 0.4) is 0 Å². The van der Waals surface area contributed by atoms with E-state index in [-0.39, 0.29) is 15.7 Å². The summed E-state index contributed by atoms with van der Waals surface area (Å²) in [5.74, 6) is -0.356. The topological polar surface area (TPSA) is 26.3 Å². The minimum absolute atomic E-state index is 0.256. The van der Waals surface area contributed by atoms with Gasteiger partial charge in [0.25, 0.3) is 0 Å². The fourth-order valence-corrected chi connectivity index (χ4v) is 0.602. The maximum absolute atomic E-state index is 10.4.